The van der Waals surface area contributed by atoms with E-state index in [0.29, 0.717) is 11.1 Å². The summed E-state index contributed by atoms with van der Waals surface area (Å²) in [5, 5.41) is 4.02. The minimum absolute atomic E-state index is 0.210. The van der Waals surface area contributed by atoms with E-state index in [1.807, 2.05) is 60.7 Å². The van der Waals surface area contributed by atoms with E-state index in [4.69, 9.17) is 0 Å². The number of para-hydroxylation sites is 2. The van der Waals surface area contributed by atoms with Gasteiger partial charge in [0.05, 0.1) is 11.3 Å². The molecule has 0 radical (unpaired) electrons. The summed E-state index contributed by atoms with van der Waals surface area (Å²) in [4.78, 5) is 28.9. The number of fused-ring (bicyclic) bond motifs is 3. The van der Waals surface area contributed by atoms with Crippen LogP contribution < -0.4 is 4.90 Å². The van der Waals surface area contributed by atoms with Crippen LogP contribution in [0.5, 0.6) is 0 Å². The molecule has 7 rings (SSSR count). The smallest absolute Gasteiger partial charge is 0.197 e. The summed E-state index contributed by atoms with van der Waals surface area (Å²) >= 11 is 0. The topological polar surface area (TPSA) is 37.4 Å². The fourth-order valence-electron chi connectivity index (χ4n) is 5.64. The number of anilines is 3. The molecule has 1 aliphatic carbocycles. The Labute approximate surface area is 226 Å². The molecule has 0 N–H and O–H groups in total. The summed E-state index contributed by atoms with van der Waals surface area (Å²) in [6.45, 7) is 0. The van der Waals surface area contributed by atoms with Crippen molar-refractivity contribution < 1.29 is 9.59 Å². The van der Waals surface area contributed by atoms with Crippen molar-refractivity contribution >= 4 is 56.2 Å². The molecule has 0 bridgehead atoms. The Kier molecular flexibility index (Phi) is 5.42. The van der Waals surface area contributed by atoms with Gasteiger partial charge in [0.25, 0.3) is 0 Å². The van der Waals surface area contributed by atoms with Gasteiger partial charge in [-0.25, -0.2) is 0 Å². The van der Waals surface area contributed by atoms with E-state index in [1.165, 1.54) is 0 Å². The number of hydrogen-bond acceptors (Lipinski definition) is 3. The first kappa shape index (κ1) is 22.9. The maximum absolute atomic E-state index is 13.3. The Morgan fingerprint density at radius 1 is 0.436 bits per heavy atom. The third kappa shape index (κ3) is 3.67. The molecule has 39 heavy (non-hydrogen) atoms. The Hall–Kier alpha value is -5.28. The van der Waals surface area contributed by atoms with Crippen LogP contribution in [0.15, 0.2) is 139 Å². The standard InChI is InChI=1S/C36H23NO2/c38-35-30-21-11-12-22-31(30)36(39)33(35)23-32-26-17-7-9-19-28(26)34(29-20-10-8-18-27(29)32)37(24-13-3-1-4-14-24)25-15-5-2-6-16-25/h1-23H. The van der Waals surface area contributed by atoms with Crippen LogP contribution in [0.2, 0.25) is 0 Å². The zero-order valence-corrected chi connectivity index (χ0v) is 21.0. The van der Waals surface area contributed by atoms with Crippen LogP contribution in [0.1, 0.15) is 26.3 Å². The van der Waals surface area contributed by atoms with E-state index in [2.05, 4.69) is 53.4 Å². The van der Waals surface area contributed by atoms with E-state index < -0.39 is 0 Å². The zero-order valence-electron chi connectivity index (χ0n) is 21.0. The number of rotatable bonds is 4. The molecule has 6 aromatic carbocycles. The van der Waals surface area contributed by atoms with E-state index in [9.17, 15) is 9.59 Å². The average molecular weight is 502 g/mol. The fourth-order valence-corrected chi connectivity index (χ4v) is 5.64. The number of Topliss-reactive ketones (excluding diaryl/α,β-unsaturated/α-hetero) is 2. The summed E-state index contributed by atoms with van der Waals surface area (Å²) in [5.74, 6) is -0.439. The molecule has 0 fully saturated rings. The molecule has 0 atom stereocenters. The van der Waals surface area contributed by atoms with Gasteiger partial charge < -0.3 is 4.90 Å². The lowest BCUT2D eigenvalue weighted by molar-refractivity contribution is 0.0990. The van der Waals surface area contributed by atoms with Crippen LogP contribution in [0.3, 0.4) is 0 Å². The number of hydrogen-bond donors (Lipinski definition) is 0. The molecular weight excluding hydrogens is 478 g/mol. The van der Waals surface area contributed by atoms with Crippen molar-refractivity contribution in [1.82, 2.24) is 0 Å². The summed E-state index contributed by atoms with van der Waals surface area (Å²) < 4.78 is 0. The molecule has 0 aliphatic heterocycles. The lowest BCUT2D eigenvalue weighted by Crippen LogP contribution is -2.11. The first-order valence-corrected chi connectivity index (χ1v) is 13.0. The highest BCUT2D eigenvalue weighted by Crippen LogP contribution is 2.46. The van der Waals surface area contributed by atoms with Crippen molar-refractivity contribution in [3.8, 4) is 0 Å². The number of allylic oxidation sites excluding steroid dienone is 1. The molecular formula is C36H23NO2. The second-order valence-electron chi connectivity index (χ2n) is 9.62. The molecule has 6 aromatic rings. The van der Waals surface area contributed by atoms with Gasteiger partial charge >= 0.3 is 0 Å². The van der Waals surface area contributed by atoms with Gasteiger partial charge in [-0.2, -0.15) is 0 Å². The number of carbonyl (C=O) groups excluding carboxylic acids is 2. The van der Waals surface area contributed by atoms with Crippen molar-refractivity contribution in [2.24, 2.45) is 0 Å². The Balaban J connectivity index is 1.56. The van der Waals surface area contributed by atoms with Gasteiger partial charge in [0.15, 0.2) is 11.6 Å². The molecule has 0 aromatic heterocycles. The molecule has 184 valence electrons. The molecule has 3 nitrogen and oxygen atoms in total. The summed E-state index contributed by atoms with van der Waals surface area (Å²) in [6, 6.07) is 44.2. The van der Waals surface area contributed by atoms with Crippen molar-refractivity contribution in [3.63, 3.8) is 0 Å². The molecule has 0 unspecified atom stereocenters. The second-order valence-corrected chi connectivity index (χ2v) is 9.62. The van der Waals surface area contributed by atoms with E-state index in [0.717, 1.165) is 44.2 Å². The van der Waals surface area contributed by atoms with Crippen LogP contribution in [0.25, 0.3) is 27.6 Å². The van der Waals surface area contributed by atoms with Crippen LogP contribution in [-0.4, -0.2) is 11.6 Å². The Morgan fingerprint density at radius 3 is 1.28 bits per heavy atom. The maximum atomic E-state index is 13.3. The average Bonchev–Trinajstić information content (AvgIpc) is 3.24. The Bertz CT molecular complexity index is 1800. The summed E-state index contributed by atoms with van der Waals surface area (Å²) in [5.41, 5.74) is 5.16. The van der Waals surface area contributed by atoms with Gasteiger partial charge in [0.2, 0.25) is 0 Å². The van der Waals surface area contributed by atoms with Crippen LogP contribution in [0, 0.1) is 0 Å². The molecule has 3 heteroatoms. The van der Waals surface area contributed by atoms with Crippen molar-refractivity contribution in [1.29, 1.82) is 0 Å². The fraction of sp³-hybridized carbons (Fsp3) is 0. The van der Waals surface area contributed by atoms with Gasteiger partial charge in [-0.3, -0.25) is 9.59 Å². The highest BCUT2D eigenvalue weighted by atomic mass is 16.2. The first-order chi connectivity index (χ1) is 19.2. The van der Waals surface area contributed by atoms with E-state index >= 15 is 0 Å². The second kappa shape index (κ2) is 9.23. The van der Waals surface area contributed by atoms with Crippen molar-refractivity contribution in [2.45, 2.75) is 0 Å². The zero-order chi connectivity index (χ0) is 26.3. The number of carbonyl (C=O) groups is 2. The molecule has 1 aliphatic rings. The minimum atomic E-state index is -0.219. The van der Waals surface area contributed by atoms with Gasteiger partial charge in [-0.1, -0.05) is 109 Å². The van der Waals surface area contributed by atoms with Crippen molar-refractivity contribution in [3.05, 3.63) is 156 Å². The third-order valence-electron chi connectivity index (χ3n) is 7.39. The molecule has 0 spiro atoms. The lowest BCUT2D eigenvalue weighted by Gasteiger charge is -2.29. The molecule has 0 saturated carbocycles. The Morgan fingerprint density at radius 2 is 0.821 bits per heavy atom. The van der Waals surface area contributed by atoms with Crippen molar-refractivity contribution in [2.75, 3.05) is 4.90 Å². The third-order valence-corrected chi connectivity index (χ3v) is 7.39. The predicted octanol–water partition coefficient (Wildman–Crippen LogP) is 8.93. The van der Waals surface area contributed by atoms with Crippen LogP contribution >= 0.6 is 0 Å². The quantitative estimate of drug-likeness (QED) is 0.137. The van der Waals surface area contributed by atoms with E-state index in [1.54, 1.807) is 30.3 Å². The largest absolute Gasteiger partial charge is 0.309 e. The highest BCUT2D eigenvalue weighted by Gasteiger charge is 2.33. The van der Waals surface area contributed by atoms with Crippen LogP contribution in [-0.2, 0) is 0 Å². The van der Waals surface area contributed by atoms with Gasteiger partial charge in [0.1, 0.15) is 0 Å². The molecule has 0 saturated heterocycles. The van der Waals surface area contributed by atoms with Gasteiger partial charge in [-0.15, -0.1) is 0 Å². The van der Waals surface area contributed by atoms with Crippen LogP contribution in [0.4, 0.5) is 17.1 Å². The number of ketones is 2. The monoisotopic (exact) mass is 501 g/mol. The minimum Gasteiger partial charge on any atom is -0.309 e. The van der Waals surface area contributed by atoms with E-state index in [-0.39, 0.29) is 17.1 Å². The summed E-state index contributed by atoms with van der Waals surface area (Å²) in [7, 11) is 0. The lowest BCUT2D eigenvalue weighted by atomic mass is 9.92. The summed E-state index contributed by atoms with van der Waals surface area (Å²) in [6.07, 6.45) is 1.80. The SMILES string of the molecule is O=C1C(=Cc2c3ccccc3c(N(c3ccccc3)c3ccccc3)c3ccccc23)C(=O)c2ccccc21. The molecule has 0 amide bonds. The first-order valence-electron chi connectivity index (χ1n) is 13.0. The molecule has 0 heterocycles. The van der Waals surface area contributed by atoms with Gasteiger partial charge in [0, 0.05) is 33.3 Å². The normalized spacial score (nSPS) is 12.7. The maximum Gasteiger partial charge on any atom is 0.197 e. The highest BCUT2D eigenvalue weighted by molar-refractivity contribution is 6.42. The number of nitrogens with zero attached hydrogens (tertiary/aromatic N) is 1. The number of benzene rings is 6. The predicted molar refractivity (Wildman–Crippen MR) is 159 cm³/mol. The van der Waals surface area contributed by atoms with Gasteiger partial charge in [-0.05, 0) is 46.7 Å².